The first-order valence-electron chi connectivity index (χ1n) is 8.01. The fourth-order valence-corrected chi connectivity index (χ4v) is 3.68. The topological polar surface area (TPSA) is 84.5 Å². The minimum absolute atomic E-state index is 0.171. The number of nitrogens with one attached hydrogen (secondary N) is 2. The van der Waals surface area contributed by atoms with Gasteiger partial charge in [-0.15, -0.1) is 0 Å². The number of cyclic esters (lactones) is 2. The normalized spacial score (nSPS) is 27.4. The van der Waals surface area contributed by atoms with Crippen LogP contribution in [0.4, 0.5) is 4.79 Å². The van der Waals surface area contributed by atoms with Crippen molar-refractivity contribution < 1.29 is 19.1 Å². The summed E-state index contributed by atoms with van der Waals surface area (Å²) in [5.74, 6) is -1.45. The number of carbonyl (C=O) groups is 3. The first-order valence-corrected chi connectivity index (χ1v) is 8.01. The molecule has 25 heavy (non-hydrogen) atoms. The molecule has 2 aliphatic heterocycles. The van der Waals surface area contributed by atoms with E-state index < -0.39 is 29.0 Å². The van der Waals surface area contributed by atoms with E-state index in [-0.39, 0.29) is 12.8 Å². The van der Waals surface area contributed by atoms with Crippen molar-refractivity contribution in [3.8, 4) is 0 Å². The molecule has 6 heteroatoms. The largest absolute Gasteiger partial charge is 0.389 e. The van der Waals surface area contributed by atoms with Gasteiger partial charge in [-0.2, -0.15) is 0 Å². The summed E-state index contributed by atoms with van der Waals surface area (Å²) in [6.07, 6.45) is 0.341. The third kappa shape index (κ3) is 2.21. The van der Waals surface area contributed by atoms with Crippen LogP contribution in [-0.2, 0) is 27.2 Å². The second-order valence-corrected chi connectivity index (χ2v) is 6.39. The fraction of sp³-hybridized carbons (Fsp3) is 0.211. The summed E-state index contributed by atoms with van der Waals surface area (Å²) >= 11 is 0. The van der Waals surface area contributed by atoms with Gasteiger partial charge in [-0.3, -0.25) is 0 Å². The van der Waals surface area contributed by atoms with Crippen LogP contribution in [0.2, 0.25) is 0 Å². The Labute approximate surface area is 144 Å². The highest BCUT2D eigenvalue weighted by molar-refractivity contribution is 6.13. The molecule has 2 aliphatic rings. The minimum atomic E-state index is -1.46. The number of hydrogen-bond acceptors (Lipinski definition) is 4. The molecule has 0 saturated carbocycles. The summed E-state index contributed by atoms with van der Waals surface area (Å²) in [7, 11) is 0. The van der Waals surface area contributed by atoms with Crippen molar-refractivity contribution in [3.05, 3.63) is 71.8 Å². The summed E-state index contributed by atoms with van der Waals surface area (Å²) in [5, 5.41) is 5.35. The van der Waals surface area contributed by atoms with E-state index >= 15 is 0 Å². The molecular formula is C19H16N2O4. The van der Waals surface area contributed by atoms with Crippen molar-refractivity contribution in [2.75, 3.05) is 0 Å². The van der Waals surface area contributed by atoms with Crippen LogP contribution in [0, 0.1) is 0 Å². The Balaban J connectivity index is 1.81. The molecule has 126 valence electrons. The van der Waals surface area contributed by atoms with Gasteiger partial charge < -0.3 is 15.4 Å². The maximum atomic E-state index is 12.6. The van der Waals surface area contributed by atoms with E-state index in [0.29, 0.717) is 0 Å². The molecule has 2 aromatic rings. The average Bonchev–Trinajstić information content (AvgIpc) is 2.98. The summed E-state index contributed by atoms with van der Waals surface area (Å²) in [4.78, 5) is 37.4. The molecule has 2 heterocycles. The van der Waals surface area contributed by atoms with Gasteiger partial charge in [0, 0.05) is 12.8 Å². The lowest BCUT2D eigenvalue weighted by atomic mass is 9.72. The third-order valence-electron chi connectivity index (χ3n) is 4.89. The Morgan fingerprint density at radius 2 is 1.08 bits per heavy atom. The first kappa shape index (κ1) is 15.4. The van der Waals surface area contributed by atoms with Crippen LogP contribution in [0.25, 0.3) is 0 Å². The molecule has 4 rings (SSSR count). The van der Waals surface area contributed by atoms with E-state index in [1.807, 2.05) is 60.7 Å². The summed E-state index contributed by atoms with van der Waals surface area (Å²) < 4.78 is 4.97. The number of carbonyl (C=O) groups excluding carboxylic acids is 3. The van der Waals surface area contributed by atoms with Crippen molar-refractivity contribution in [3.63, 3.8) is 0 Å². The lowest BCUT2D eigenvalue weighted by Crippen LogP contribution is -2.65. The van der Waals surface area contributed by atoms with Gasteiger partial charge in [-0.1, -0.05) is 60.7 Å². The zero-order chi connectivity index (χ0) is 17.5. The Hall–Kier alpha value is -3.15. The Morgan fingerprint density at radius 1 is 0.680 bits per heavy atom. The van der Waals surface area contributed by atoms with Crippen LogP contribution in [-0.4, -0.2) is 29.0 Å². The average molecular weight is 336 g/mol. The minimum Gasteiger partial charge on any atom is -0.389 e. The summed E-state index contributed by atoms with van der Waals surface area (Å²) in [6.45, 7) is 0. The second kappa shape index (κ2) is 5.44. The van der Waals surface area contributed by atoms with E-state index in [4.69, 9.17) is 4.74 Å². The van der Waals surface area contributed by atoms with E-state index in [0.717, 1.165) is 11.1 Å². The highest BCUT2D eigenvalue weighted by Crippen LogP contribution is 2.41. The lowest BCUT2D eigenvalue weighted by Gasteiger charge is -2.32. The van der Waals surface area contributed by atoms with Gasteiger partial charge in [0.15, 0.2) is 11.1 Å². The molecule has 6 nitrogen and oxygen atoms in total. The predicted molar refractivity (Wildman–Crippen MR) is 88.5 cm³/mol. The lowest BCUT2D eigenvalue weighted by molar-refractivity contribution is -0.155. The van der Waals surface area contributed by atoms with E-state index in [1.54, 1.807) is 0 Å². The van der Waals surface area contributed by atoms with Gasteiger partial charge in [0.05, 0.1) is 0 Å². The predicted octanol–water partition coefficient (Wildman–Crippen LogP) is 1.35. The van der Waals surface area contributed by atoms with Crippen molar-refractivity contribution >= 4 is 18.0 Å². The fourth-order valence-electron chi connectivity index (χ4n) is 3.68. The van der Waals surface area contributed by atoms with Crippen LogP contribution in [0.1, 0.15) is 11.1 Å². The summed E-state index contributed by atoms with van der Waals surface area (Å²) in [5.41, 5.74) is -1.26. The summed E-state index contributed by atoms with van der Waals surface area (Å²) in [6, 6.07) is 18.0. The van der Waals surface area contributed by atoms with Crippen LogP contribution < -0.4 is 10.6 Å². The Bertz CT molecular complexity index is 783. The molecule has 0 aromatic heterocycles. The molecule has 2 saturated heterocycles. The Kier molecular flexibility index (Phi) is 3.35. The quantitative estimate of drug-likeness (QED) is 0.652. The molecule has 2 N–H and O–H groups in total. The molecule has 0 bridgehead atoms. The van der Waals surface area contributed by atoms with Crippen LogP contribution >= 0.6 is 0 Å². The standard InChI is InChI=1S/C19H16N2O4/c22-15-18(11-13-7-3-1-4-8-13)19(16(23)25-15,21-17(24)20-18)12-14-9-5-2-6-10-14/h1-10H,11-12H2,(H2,20,21,24). The molecule has 0 spiro atoms. The zero-order valence-corrected chi connectivity index (χ0v) is 13.3. The Morgan fingerprint density at radius 3 is 1.48 bits per heavy atom. The van der Waals surface area contributed by atoms with E-state index in [1.165, 1.54) is 0 Å². The molecule has 2 amide bonds. The van der Waals surface area contributed by atoms with Crippen molar-refractivity contribution in [2.24, 2.45) is 0 Å². The van der Waals surface area contributed by atoms with Gasteiger partial charge in [-0.25, -0.2) is 14.4 Å². The molecule has 2 unspecified atom stereocenters. The highest BCUT2D eigenvalue weighted by Gasteiger charge is 2.73. The molecular weight excluding hydrogens is 320 g/mol. The molecule has 0 radical (unpaired) electrons. The SMILES string of the molecule is O=C1NC2(Cc3ccccc3)C(=O)OC(=O)C2(Cc2ccccc2)N1. The number of ether oxygens (including phenoxy) is 1. The maximum Gasteiger partial charge on any atom is 0.343 e. The van der Waals surface area contributed by atoms with Gasteiger partial charge >= 0.3 is 18.0 Å². The third-order valence-corrected chi connectivity index (χ3v) is 4.89. The number of esters is 2. The van der Waals surface area contributed by atoms with Crippen LogP contribution in [0.5, 0.6) is 0 Å². The van der Waals surface area contributed by atoms with Gasteiger partial charge in [0.2, 0.25) is 0 Å². The van der Waals surface area contributed by atoms with Crippen LogP contribution in [0.15, 0.2) is 60.7 Å². The van der Waals surface area contributed by atoms with Crippen LogP contribution in [0.3, 0.4) is 0 Å². The number of benzene rings is 2. The first-order chi connectivity index (χ1) is 12.1. The van der Waals surface area contributed by atoms with Crippen molar-refractivity contribution in [1.82, 2.24) is 10.6 Å². The smallest absolute Gasteiger partial charge is 0.343 e. The molecule has 0 aliphatic carbocycles. The number of hydrogen-bond donors (Lipinski definition) is 2. The molecule has 2 atom stereocenters. The van der Waals surface area contributed by atoms with E-state index in [2.05, 4.69) is 10.6 Å². The number of amides is 2. The maximum absolute atomic E-state index is 12.6. The molecule has 2 aromatic carbocycles. The van der Waals surface area contributed by atoms with Gasteiger partial charge in [-0.05, 0) is 11.1 Å². The van der Waals surface area contributed by atoms with Crippen molar-refractivity contribution in [2.45, 2.75) is 23.9 Å². The van der Waals surface area contributed by atoms with Crippen molar-refractivity contribution in [1.29, 1.82) is 0 Å². The zero-order valence-electron chi connectivity index (χ0n) is 13.3. The monoisotopic (exact) mass is 336 g/mol. The molecule has 2 fully saturated rings. The van der Waals surface area contributed by atoms with Gasteiger partial charge in [0.1, 0.15) is 0 Å². The van der Waals surface area contributed by atoms with Gasteiger partial charge in [0.25, 0.3) is 0 Å². The number of fused-ring (bicyclic) bond motifs is 1. The number of rotatable bonds is 4. The number of urea groups is 1. The highest BCUT2D eigenvalue weighted by atomic mass is 16.6. The second-order valence-electron chi connectivity index (χ2n) is 6.39. The van der Waals surface area contributed by atoms with E-state index in [9.17, 15) is 14.4 Å².